The van der Waals surface area contributed by atoms with E-state index in [0.29, 0.717) is 0 Å². The average molecular weight is 165 g/mol. The van der Waals surface area contributed by atoms with Gasteiger partial charge in [-0.05, 0) is 0 Å². The zero-order valence-electron chi connectivity index (χ0n) is 5.47. The first-order chi connectivity index (χ1) is 4.97. The summed E-state index contributed by atoms with van der Waals surface area (Å²) in [6.07, 6.45) is -2.04. The van der Waals surface area contributed by atoms with E-state index in [4.69, 9.17) is 5.73 Å². The van der Waals surface area contributed by atoms with Gasteiger partial charge in [0.25, 0.3) is 0 Å². The molecule has 62 valence electrons. The minimum absolute atomic E-state index is 0.0919. The molecule has 0 unspecified atom stereocenters. The van der Waals surface area contributed by atoms with Crippen LogP contribution in [-0.4, -0.2) is 15.7 Å². The Hall–Kier alpha value is -1.20. The van der Waals surface area contributed by atoms with Crippen LogP contribution in [0.1, 0.15) is 0 Å². The Morgan fingerprint density at radius 2 is 2.18 bits per heavy atom. The van der Waals surface area contributed by atoms with Crippen molar-refractivity contribution in [2.24, 2.45) is 0 Å². The van der Waals surface area contributed by atoms with Gasteiger partial charge in [0.05, 0.1) is 6.33 Å². The van der Waals surface area contributed by atoms with Gasteiger partial charge in [0.1, 0.15) is 12.4 Å². The topological polar surface area (TPSA) is 43.8 Å². The lowest BCUT2D eigenvalue weighted by atomic mass is 10.6. The molecule has 3 nitrogen and oxygen atoms in total. The summed E-state index contributed by atoms with van der Waals surface area (Å²) < 4.78 is 35.9. The Balaban J connectivity index is 2.65. The minimum atomic E-state index is -4.22. The summed E-state index contributed by atoms with van der Waals surface area (Å²) >= 11 is 0. The quantitative estimate of drug-likeness (QED) is 0.675. The highest BCUT2D eigenvalue weighted by molar-refractivity contribution is 5.22. The van der Waals surface area contributed by atoms with Gasteiger partial charge in [-0.15, -0.1) is 0 Å². The molecule has 0 aliphatic rings. The predicted octanol–water partition coefficient (Wildman–Crippen LogP) is 1.03. The first kappa shape index (κ1) is 7.90. The van der Waals surface area contributed by atoms with E-state index in [9.17, 15) is 13.2 Å². The molecule has 0 atom stereocenters. The van der Waals surface area contributed by atoms with E-state index >= 15 is 0 Å². The molecule has 6 heteroatoms. The van der Waals surface area contributed by atoms with Crippen molar-refractivity contribution in [3.63, 3.8) is 0 Å². The van der Waals surface area contributed by atoms with Crippen molar-refractivity contribution < 1.29 is 13.2 Å². The standard InChI is InChI=1S/C5H6F3N3/c6-5(7,8)2-11-1-4(9)10-3-11/h1,3H,2,9H2. The molecule has 11 heavy (non-hydrogen) atoms. The van der Waals surface area contributed by atoms with Crippen LogP contribution in [0.4, 0.5) is 19.0 Å². The van der Waals surface area contributed by atoms with Gasteiger partial charge >= 0.3 is 6.18 Å². The van der Waals surface area contributed by atoms with Gasteiger partial charge in [-0.2, -0.15) is 13.2 Å². The SMILES string of the molecule is Nc1cn(CC(F)(F)F)cn1. The van der Waals surface area contributed by atoms with Crippen LogP contribution in [0.25, 0.3) is 0 Å². The summed E-state index contributed by atoms with van der Waals surface area (Å²) in [5, 5.41) is 0. The molecule has 2 N–H and O–H groups in total. The molecule has 0 saturated carbocycles. The second-order valence-electron chi connectivity index (χ2n) is 2.09. The van der Waals surface area contributed by atoms with Crippen molar-refractivity contribution >= 4 is 5.82 Å². The second kappa shape index (κ2) is 2.44. The Kier molecular flexibility index (Phi) is 1.76. The molecule has 1 aromatic rings. The molecule has 1 heterocycles. The zero-order chi connectivity index (χ0) is 8.48. The number of halogens is 3. The molecule has 0 bridgehead atoms. The summed E-state index contributed by atoms with van der Waals surface area (Å²) in [4.78, 5) is 3.44. The number of imidazole rings is 1. The summed E-state index contributed by atoms with van der Waals surface area (Å²) in [6, 6.07) is 0. The summed E-state index contributed by atoms with van der Waals surface area (Å²) in [7, 11) is 0. The van der Waals surface area contributed by atoms with Gasteiger partial charge in [-0.1, -0.05) is 0 Å². The van der Waals surface area contributed by atoms with E-state index in [1.54, 1.807) is 0 Å². The number of hydrogen-bond donors (Lipinski definition) is 1. The lowest BCUT2D eigenvalue weighted by Crippen LogP contribution is -2.16. The van der Waals surface area contributed by atoms with E-state index in [1.807, 2.05) is 0 Å². The number of rotatable bonds is 1. The number of aromatic nitrogens is 2. The molecule has 0 radical (unpaired) electrons. The molecule has 0 saturated heterocycles. The van der Waals surface area contributed by atoms with Crippen LogP contribution < -0.4 is 5.73 Å². The number of hydrogen-bond acceptors (Lipinski definition) is 2. The normalized spacial score (nSPS) is 11.9. The Labute approximate surface area is 60.6 Å². The van der Waals surface area contributed by atoms with Crippen LogP contribution in [0.3, 0.4) is 0 Å². The van der Waals surface area contributed by atoms with Crippen LogP contribution in [0.5, 0.6) is 0 Å². The van der Waals surface area contributed by atoms with Crippen molar-refractivity contribution in [2.75, 3.05) is 5.73 Å². The minimum Gasteiger partial charge on any atom is -0.382 e. The van der Waals surface area contributed by atoms with E-state index in [2.05, 4.69) is 4.98 Å². The van der Waals surface area contributed by atoms with Crippen molar-refractivity contribution in [1.82, 2.24) is 9.55 Å². The molecular weight excluding hydrogens is 159 g/mol. The van der Waals surface area contributed by atoms with Gasteiger partial charge in [0.2, 0.25) is 0 Å². The summed E-state index contributed by atoms with van der Waals surface area (Å²) in [6.45, 7) is -1.04. The number of nitrogens with zero attached hydrogens (tertiary/aromatic N) is 2. The van der Waals surface area contributed by atoms with Crippen LogP contribution in [0.15, 0.2) is 12.5 Å². The maximum absolute atomic E-state index is 11.7. The number of nitrogens with two attached hydrogens (primary N) is 1. The third kappa shape index (κ3) is 2.48. The van der Waals surface area contributed by atoms with Crippen LogP contribution in [0.2, 0.25) is 0 Å². The summed E-state index contributed by atoms with van der Waals surface area (Å²) in [5.74, 6) is 0.0919. The van der Waals surface area contributed by atoms with Gasteiger partial charge in [-0.25, -0.2) is 4.98 Å². The van der Waals surface area contributed by atoms with E-state index in [-0.39, 0.29) is 5.82 Å². The Bertz CT molecular complexity index is 239. The third-order valence-electron chi connectivity index (χ3n) is 1.02. The van der Waals surface area contributed by atoms with Crippen molar-refractivity contribution in [3.05, 3.63) is 12.5 Å². The number of alkyl halides is 3. The predicted molar refractivity (Wildman–Crippen MR) is 32.7 cm³/mol. The molecule has 0 spiro atoms. The van der Waals surface area contributed by atoms with Gasteiger partial charge in [0, 0.05) is 6.20 Å². The molecule has 0 fully saturated rings. The molecule has 0 aliphatic carbocycles. The molecular formula is C5H6F3N3. The van der Waals surface area contributed by atoms with Crippen LogP contribution in [0, 0.1) is 0 Å². The third-order valence-corrected chi connectivity index (χ3v) is 1.02. The van der Waals surface area contributed by atoms with Crippen molar-refractivity contribution in [1.29, 1.82) is 0 Å². The Morgan fingerprint density at radius 3 is 2.55 bits per heavy atom. The molecule has 1 aromatic heterocycles. The van der Waals surface area contributed by atoms with Crippen LogP contribution in [-0.2, 0) is 6.54 Å². The van der Waals surface area contributed by atoms with E-state index in [1.165, 1.54) is 0 Å². The second-order valence-corrected chi connectivity index (χ2v) is 2.09. The van der Waals surface area contributed by atoms with E-state index < -0.39 is 12.7 Å². The Morgan fingerprint density at radius 1 is 1.55 bits per heavy atom. The fourth-order valence-corrected chi connectivity index (χ4v) is 0.671. The maximum Gasteiger partial charge on any atom is 0.406 e. The molecule has 0 aliphatic heterocycles. The van der Waals surface area contributed by atoms with Crippen molar-refractivity contribution in [3.8, 4) is 0 Å². The fourth-order valence-electron chi connectivity index (χ4n) is 0.671. The largest absolute Gasteiger partial charge is 0.406 e. The smallest absolute Gasteiger partial charge is 0.382 e. The maximum atomic E-state index is 11.7. The highest BCUT2D eigenvalue weighted by Crippen LogP contribution is 2.17. The van der Waals surface area contributed by atoms with E-state index in [0.717, 1.165) is 17.1 Å². The monoisotopic (exact) mass is 165 g/mol. The summed E-state index contributed by atoms with van der Waals surface area (Å²) in [5.41, 5.74) is 5.10. The van der Waals surface area contributed by atoms with Crippen molar-refractivity contribution in [2.45, 2.75) is 12.7 Å². The molecule has 0 aromatic carbocycles. The molecule has 0 amide bonds. The first-order valence-corrected chi connectivity index (χ1v) is 2.81. The lowest BCUT2D eigenvalue weighted by molar-refractivity contribution is -0.140. The lowest BCUT2D eigenvalue weighted by Gasteiger charge is -2.05. The highest BCUT2D eigenvalue weighted by Gasteiger charge is 2.27. The highest BCUT2D eigenvalue weighted by atomic mass is 19.4. The molecule has 1 rings (SSSR count). The number of anilines is 1. The van der Waals surface area contributed by atoms with Gasteiger partial charge in [-0.3, -0.25) is 0 Å². The average Bonchev–Trinajstić information content (AvgIpc) is 2.10. The van der Waals surface area contributed by atoms with Gasteiger partial charge in [0.15, 0.2) is 0 Å². The number of nitrogen functional groups attached to an aromatic ring is 1. The van der Waals surface area contributed by atoms with Crippen LogP contribution >= 0.6 is 0 Å². The first-order valence-electron chi connectivity index (χ1n) is 2.81. The zero-order valence-corrected chi connectivity index (χ0v) is 5.47. The fraction of sp³-hybridized carbons (Fsp3) is 0.400. The van der Waals surface area contributed by atoms with Gasteiger partial charge < -0.3 is 10.3 Å².